The summed E-state index contributed by atoms with van der Waals surface area (Å²) in [5.41, 5.74) is 6.20. The van der Waals surface area contributed by atoms with Crippen LogP contribution in [-0.4, -0.2) is 28.7 Å². The molecule has 1 aromatic heterocycles. The van der Waals surface area contributed by atoms with Crippen LogP contribution in [0.2, 0.25) is 0 Å². The molecule has 2 aromatic rings. The van der Waals surface area contributed by atoms with E-state index in [1.165, 1.54) is 12.3 Å². The van der Waals surface area contributed by atoms with Gasteiger partial charge in [-0.3, -0.25) is 30.2 Å². The lowest BCUT2D eigenvalue weighted by Crippen LogP contribution is -2.52. The first kappa shape index (κ1) is 20.1. The summed E-state index contributed by atoms with van der Waals surface area (Å²) >= 11 is 0. The monoisotopic (exact) mass is 368 g/mol. The molecule has 0 unspecified atom stereocenters. The van der Waals surface area contributed by atoms with Crippen LogP contribution >= 0.6 is 0 Å². The van der Waals surface area contributed by atoms with Crippen molar-refractivity contribution in [3.63, 3.8) is 0 Å². The van der Waals surface area contributed by atoms with Crippen LogP contribution in [0.15, 0.2) is 48.7 Å². The third kappa shape index (κ3) is 5.91. The average Bonchev–Trinajstić information content (AvgIpc) is 2.65. The van der Waals surface area contributed by atoms with Gasteiger partial charge in [-0.1, -0.05) is 38.1 Å². The van der Waals surface area contributed by atoms with Gasteiger partial charge in [0, 0.05) is 11.8 Å². The molecule has 2 rings (SSSR count). The minimum absolute atomic E-state index is 0.171. The SMILES string of the molecule is Cc1ccccc1C(=O)N[C@@H](CC(C)C)C(=O)NNC(=O)c1ccccn1. The molecule has 0 saturated heterocycles. The van der Waals surface area contributed by atoms with E-state index in [2.05, 4.69) is 21.2 Å². The van der Waals surface area contributed by atoms with Crippen LogP contribution in [0, 0.1) is 12.8 Å². The molecule has 3 amide bonds. The van der Waals surface area contributed by atoms with Crippen LogP contribution in [0.3, 0.4) is 0 Å². The molecule has 0 spiro atoms. The third-order valence-electron chi connectivity index (χ3n) is 3.92. The van der Waals surface area contributed by atoms with Crippen molar-refractivity contribution < 1.29 is 14.4 Å². The minimum Gasteiger partial charge on any atom is -0.340 e. The van der Waals surface area contributed by atoms with Crippen LogP contribution < -0.4 is 16.2 Å². The summed E-state index contributed by atoms with van der Waals surface area (Å²) in [6.07, 6.45) is 1.92. The zero-order valence-electron chi connectivity index (χ0n) is 15.7. The Balaban J connectivity index is 2.02. The number of benzene rings is 1. The lowest BCUT2D eigenvalue weighted by molar-refractivity contribution is -0.124. The van der Waals surface area contributed by atoms with Crippen molar-refractivity contribution in [2.24, 2.45) is 5.92 Å². The quantitative estimate of drug-likeness (QED) is 0.679. The van der Waals surface area contributed by atoms with Crippen LogP contribution in [0.4, 0.5) is 0 Å². The van der Waals surface area contributed by atoms with Crippen molar-refractivity contribution in [3.05, 3.63) is 65.5 Å². The maximum atomic E-state index is 12.5. The summed E-state index contributed by atoms with van der Waals surface area (Å²) in [7, 11) is 0. The summed E-state index contributed by atoms with van der Waals surface area (Å²) in [4.78, 5) is 41.0. The van der Waals surface area contributed by atoms with Crippen molar-refractivity contribution in [2.45, 2.75) is 33.2 Å². The molecule has 27 heavy (non-hydrogen) atoms. The standard InChI is InChI=1S/C20H24N4O3/c1-13(2)12-17(22-18(25)15-9-5-4-8-14(15)3)20(27)24-23-19(26)16-10-6-7-11-21-16/h4-11,13,17H,12H2,1-3H3,(H,22,25)(H,23,26)(H,24,27)/t17-/m0/s1. The first-order valence-corrected chi connectivity index (χ1v) is 8.76. The van der Waals surface area contributed by atoms with Crippen LogP contribution in [0.5, 0.6) is 0 Å². The molecule has 0 aliphatic heterocycles. The molecule has 142 valence electrons. The van der Waals surface area contributed by atoms with E-state index < -0.39 is 17.9 Å². The Hall–Kier alpha value is -3.22. The molecule has 7 heteroatoms. The van der Waals surface area contributed by atoms with Gasteiger partial charge >= 0.3 is 0 Å². The fourth-order valence-corrected chi connectivity index (χ4v) is 2.53. The first-order valence-electron chi connectivity index (χ1n) is 8.76. The Kier molecular flexibility index (Phi) is 7.05. The smallest absolute Gasteiger partial charge is 0.288 e. The highest BCUT2D eigenvalue weighted by Gasteiger charge is 2.23. The summed E-state index contributed by atoms with van der Waals surface area (Å²) in [6.45, 7) is 5.73. The molecule has 0 saturated carbocycles. The fraction of sp³-hybridized carbons (Fsp3) is 0.300. The number of aryl methyl sites for hydroxylation is 1. The van der Waals surface area contributed by atoms with E-state index in [1.54, 1.807) is 24.3 Å². The second-order valence-electron chi connectivity index (χ2n) is 6.63. The van der Waals surface area contributed by atoms with Gasteiger partial charge in [-0.25, -0.2) is 0 Å². The topological polar surface area (TPSA) is 100 Å². The lowest BCUT2D eigenvalue weighted by Gasteiger charge is -2.20. The van der Waals surface area contributed by atoms with Gasteiger partial charge in [-0.15, -0.1) is 0 Å². The van der Waals surface area contributed by atoms with Crippen molar-refractivity contribution >= 4 is 17.7 Å². The molecule has 7 nitrogen and oxygen atoms in total. The highest BCUT2D eigenvalue weighted by molar-refractivity contribution is 5.99. The van der Waals surface area contributed by atoms with Gasteiger partial charge in [-0.2, -0.15) is 0 Å². The normalized spacial score (nSPS) is 11.6. The van der Waals surface area contributed by atoms with E-state index in [0.29, 0.717) is 12.0 Å². The minimum atomic E-state index is -0.777. The largest absolute Gasteiger partial charge is 0.340 e. The van der Waals surface area contributed by atoms with E-state index >= 15 is 0 Å². The predicted molar refractivity (Wildman–Crippen MR) is 102 cm³/mol. The predicted octanol–water partition coefficient (Wildman–Crippen LogP) is 2.00. The van der Waals surface area contributed by atoms with E-state index in [9.17, 15) is 14.4 Å². The highest BCUT2D eigenvalue weighted by atomic mass is 16.2. The van der Waals surface area contributed by atoms with Crippen LogP contribution in [-0.2, 0) is 4.79 Å². The number of pyridine rings is 1. The number of rotatable bonds is 6. The maximum Gasteiger partial charge on any atom is 0.288 e. The van der Waals surface area contributed by atoms with E-state index in [1.807, 2.05) is 32.9 Å². The maximum absolute atomic E-state index is 12.5. The number of carbonyl (C=O) groups is 3. The van der Waals surface area contributed by atoms with E-state index in [-0.39, 0.29) is 17.5 Å². The summed E-state index contributed by atoms with van der Waals surface area (Å²) in [6, 6.07) is 11.3. The van der Waals surface area contributed by atoms with E-state index in [0.717, 1.165) is 5.56 Å². The molecule has 1 aromatic carbocycles. The van der Waals surface area contributed by atoms with Crippen LogP contribution in [0.1, 0.15) is 46.7 Å². The zero-order chi connectivity index (χ0) is 19.8. The number of hydrazine groups is 1. The molecule has 0 bridgehead atoms. The number of nitrogens with zero attached hydrogens (tertiary/aromatic N) is 1. The van der Waals surface area contributed by atoms with Gasteiger partial charge in [-0.05, 0) is 43.0 Å². The van der Waals surface area contributed by atoms with Gasteiger partial charge in [0.1, 0.15) is 11.7 Å². The molecule has 1 heterocycles. The second kappa shape index (κ2) is 9.47. The third-order valence-corrected chi connectivity index (χ3v) is 3.92. The van der Waals surface area contributed by atoms with Gasteiger partial charge < -0.3 is 5.32 Å². The van der Waals surface area contributed by atoms with Gasteiger partial charge in [0.15, 0.2) is 0 Å². The Morgan fingerprint density at radius 1 is 0.963 bits per heavy atom. The number of hydrogen-bond acceptors (Lipinski definition) is 4. The number of amides is 3. The highest BCUT2D eigenvalue weighted by Crippen LogP contribution is 2.10. The number of nitrogens with one attached hydrogen (secondary N) is 3. The first-order chi connectivity index (χ1) is 12.9. The lowest BCUT2D eigenvalue weighted by atomic mass is 10.0. The molecular weight excluding hydrogens is 344 g/mol. The molecule has 1 atom stereocenters. The van der Waals surface area contributed by atoms with Crippen molar-refractivity contribution in [1.82, 2.24) is 21.2 Å². The fourth-order valence-electron chi connectivity index (χ4n) is 2.53. The molecule has 0 fully saturated rings. The Labute approximate surface area is 158 Å². The summed E-state index contributed by atoms with van der Waals surface area (Å²) < 4.78 is 0. The summed E-state index contributed by atoms with van der Waals surface area (Å²) in [5, 5.41) is 2.75. The molecular formula is C20H24N4O3. The van der Waals surface area contributed by atoms with Gasteiger partial charge in [0.05, 0.1) is 0 Å². The number of aromatic nitrogens is 1. The number of carbonyl (C=O) groups excluding carboxylic acids is 3. The molecule has 0 radical (unpaired) electrons. The summed E-state index contributed by atoms with van der Waals surface area (Å²) in [5.74, 6) is -1.18. The van der Waals surface area contributed by atoms with Crippen molar-refractivity contribution in [3.8, 4) is 0 Å². The van der Waals surface area contributed by atoms with Crippen molar-refractivity contribution in [1.29, 1.82) is 0 Å². The Morgan fingerprint density at radius 2 is 1.67 bits per heavy atom. The molecule has 3 N–H and O–H groups in total. The van der Waals surface area contributed by atoms with Crippen LogP contribution in [0.25, 0.3) is 0 Å². The zero-order valence-corrected chi connectivity index (χ0v) is 15.7. The molecule has 0 aliphatic rings. The molecule has 0 aliphatic carbocycles. The Bertz CT molecular complexity index is 806. The van der Waals surface area contributed by atoms with E-state index in [4.69, 9.17) is 0 Å². The number of hydrogen-bond donors (Lipinski definition) is 3. The van der Waals surface area contributed by atoms with Gasteiger partial charge in [0.2, 0.25) is 0 Å². The van der Waals surface area contributed by atoms with Gasteiger partial charge in [0.25, 0.3) is 17.7 Å². The average molecular weight is 368 g/mol. The Morgan fingerprint density at radius 3 is 2.30 bits per heavy atom. The second-order valence-corrected chi connectivity index (χ2v) is 6.63. The van der Waals surface area contributed by atoms with Crippen molar-refractivity contribution in [2.75, 3.05) is 0 Å².